The third-order valence-corrected chi connectivity index (χ3v) is 5.50. The summed E-state index contributed by atoms with van der Waals surface area (Å²) in [6.07, 6.45) is 1.48. The number of benzene rings is 2. The zero-order chi connectivity index (χ0) is 21.0. The van der Waals surface area contributed by atoms with E-state index in [1.165, 1.54) is 6.08 Å². The molecular weight excluding hydrogens is 430 g/mol. The summed E-state index contributed by atoms with van der Waals surface area (Å²) in [6, 6.07) is 19.6. The average Bonchev–Trinajstić information content (AvgIpc) is 2.72. The van der Waals surface area contributed by atoms with Crippen molar-refractivity contribution in [1.29, 1.82) is 5.26 Å². The topological polar surface area (TPSA) is 79.3 Å². The maximum atomic E-state index is 12.3. The molecule has 0 saturated heterocycles. The number of allylic oxidation sites excluding steroid dienone is 2. The maximum Gasteiger partial charge on any atom is 0.332 e. The summed E-state index contributed by atoms with van der Waals surface area (Å²) in [4.78, 5) is 14.1. The van der Waals surface area contributed by atoms with E-state index in [9.17, 15) is 10.1 Å². The van der Waals surface area contributed by atoms with Crippen molar-refractivity contribution < 1.29 is 9.53 Å². The highest BCUT2D eigenvalue weighted by Gasteiger charge is 2.38. The van der Waals surface area contributed by atoms with E-state index in [0.29, 0.717) is 17.1 Å². The Hall–Kier alpha value is -3.04. The van der Waals surface area contributed by atoms with Gasteiger partial charge >= 0.3 is 5.97 Å². The minimum absolute atomic E-state index is 0.178. The smallest absolute Gasteiger partial charge is 0.332 e. The van der Waals surface area contributed by atoms with Crippen LogP contribution >= 0.6 is 15.9 Å². The fourth-order valence-electron chi connectivity index (χ4n) is 3.66. The van der Waals surface area contributed by atoms with E-state index < -0.39 is 5.97 Å². The molecule has 0 amide bonds. The van der Waals surface area contributed by atoms with Crippen LogP contribution in [0.4, 0.5) is 5.69 Å². The Bertz CT molecular complexity index is 991. The van der Waals surface area contributed by atoms with Crippen molar-refractivity contribution in [2.75, 3.05) is 11.5 Å². The number of carbonyl (C=O) groups excluding carboxylic acids is 1. The number of halogens is 1. The van der Waals surface area contributed by atoms with Gasteiger partial charge in [-0.05, 0) is 36.8 Å². The molecule has 1 aliphatic heterocycles. The summed E-state index contributed by atoms with van der Waals surface area (Å²) in [6.45, 7) is 4.05. The number of ether oxygens (including phenoxy) is 1. The van der Waals surface area contributed by atoms with Crippen LogP contribution in [0.25, 0.3) is 0 Å². The van der Waals surface area contributed by atoms with Gasteiger partial charge in [-0.25, -0.2) is 4.79 Å². The number of para-hydroxylation sites is 1. The average molecular weight is 452 g/mol. The number of nitrogens with zero attached hydrogens (tertiary/aromatic N) is 2. The molecule has 6 heteroatoms. The van der Waals surface area contributed by atoms with Crippen molar-refractivity contribution in [1.82, 2.24) is 0 Å². The molecule has 1 aliphatic rings. The molecule has 29 heavy (non-hydrogen) atoms. The second-order valence-corrected chi connectivity index (χ2v) is 7.64. The number of nitrogens with two attached hydrogens (primary N) is 1. The Labute approximate surface area is 179 Å². The third kappa shape index (κ3) is 4.20. The molecule has 0 aliphatic carbocycles. The highest BCUT2D eigenvalue weighted by molar-refractivity contribution is 9.10. The van der Waals surface area contributed by atoms with Crippen molar-refractivity contribution in [3.63, 3.8) is 0 Å². The van der Waals surface area contributed by atoms with Gasteiger partial charge in [0.25, 0.3) is 0 Å². The van der Waals surface area contributed by atoms with E-state index in [-0.39, 0.29) is 18.4 Å². The van der Waals surface area contributed by atoms with E-state index in [1.54, 1.807) is 11.8 Å². The number of esters is 1. The predicted molar refractivity (Wildman–Crippen MR) is 117 cm³/mol. The quantitative estimate of drug-likeness (QED) is 0.531. The molecular formula is C23H22BrN3O2. The van der Waals surface area contributed by atoms with Crippen molar-refractivity contribution >= 4 is 27.6 Å². The summed E-state index contributed by atoms with van der Waals surface area (Å²) in [5.41, 5.74) is 9.42. The van der Waals surface area contributed by atoms with E-state index in [2.05, 4.69) is 22.0 Å². The molecule has 1 heterocycles. The summed E-state index contributed by atoms with van der Waals surface area (Å²) in [5, 5.41) is 9.95. The molecule has 0 aromatic heterocycles. The van der Waals surface area contributed by atoms with Gasteiger partial charge < -0.3 is 10.5 Å². The van der Waals surface area contributed by atoms with Crippen LogP contribution in [-0.2, 0) is 9.53 Å². The number of hydrogen-bond donors (Lipinski definition) is 1. The molecule has 2 N–H and O–H groups in total. The first-order valence-electron chi connectivity index (χ1n) is 9.36. The van der Waals surface area contributed by atoms with Gasteiger partial charge in [-0.2, -0.15) is 5.26 Å². The van der Waals surface area contributed by atoms with Gasteiger partial charge in [-0.15, -0.1) is 0 Å². The largest absolute Gasteiger partial charge is 0.463 e. The van der Waals surface area contributed by atoms with Crippen molar-refractivity contribution in [3.05, 3.63) is 87.8 Å². The first-order valence-corrected chi connectivity index (χ1v) is 10.2. The van der Waals surface area contributed by atoms with Crippen LogP contribution in [0.1, 0.15) is 25.3 Å². The van der Waals surface area contributed by atoms with Crippen molar-refractivity contribution in [3.8, 4) is 6.07 Å². The number of nitriles is 1. The molecule has 0 bridgehead atoms. The Balaban J connectivity index is 2.21. The lowest BCUT2D eigenvalue weighted by Gasteiger charge is -2.40. The van der Waals surface area contributed by atoms with Crippen LogP contribution in [0.5, 0.6) is 0 Å². The van der Waals surface area contributed by atoms with Crippen molar-refractivity contribution in [2.45, 2.75) is 19.8 Å². The Morgan fingerprint density at radius 2 is 1.90 bits per heavy atom. The molecule has 0 spiro atoms. The molecule has 148 valence electrons. The molecule has 2 aromatic carbocycles. The molecule has 5 nitrogen and oxygen atoms in total. The standard InChI is InChI=1S/C23H22BrN3O2/c1-3-29-21(28)13-20-15(2)22(16-9-11-17(24)12-10-16)19(14-25)23(26)27(20)18-7-5-4-6-8-18/h4-13,15,22H,3,26H2,1-2H3/b20-13+/t15-,22-/m0/s1. The first kappa shape index (κ1) is 20.7. The number of carbonyl (C=O) groups is 1. The van der Waals surface area contributed by atoms with Gasteiger partial charge in [-0.1, -0.05) is 53.2 Å². The van der Waals surface area contributed by atoms with Crippen LogP contribution < -0.4 is 10.6 Å². The Morgan fingerprint density at radius 1 is 1.24 bits per heavy atom. The maximum absolute atomic E-state index is 12.3. The second-order valence-electron chi connectivity index (χ2n) is 6.72. The molecule has 3 rings (SSSR count). The lowest BCUT2D eigenvalue weighted by molar-refractivity contribution is -0.137. The Kier molecular flexibility index (Phi) is 6.40. The van der Waals surface area contributed by atoms with Gasteiger partial charge in [0.15, 0.2) is 0 Å². The van der Waals surface area contributed by atoms with E-state index in [1.807, 2.05) is 61.5 Å². The lowest BCUT2D eigenvalue weighted by Crippen LogP contribution is -2.39. The zero-order valence-corrected chi connectivity index (χ0v) is 17.9. The summed E-state index contributed by atoms with van der Waals surface area (Å²) >= 11 is 3.45. The normalized spacial score (nSPS) is 20.5. The summed E-state index contributed by atoms with van der Waals surface area (Å²) < 4.78 is 6.10. The predicted octanol–water partition coefficient (Wildman–Crippen LogP) is 4.83. The molecule has 0 saturated carbocycles. The third-order valence-electron chi connectivity index (χ3n) is 4.97. The second kappa shape index (κ2) is 8.97. The van der Waals surface area contributed by atoms with Gasteiger partial charge in [0.05, 0.1) is 18.2 Å². The zero-order valence-electron chi connectivity index (χ0n) is 16.3. The first-order chi connectivity index (χ1) is 14.0. The van der Waals surface area contributed by atoms with Crippen LogP contribution in [0.3, 0.4) is 0 Å². The highest BCUT2D eigenvalue weighted by atomic mass is 79.9. The monoisotopic (exact) mass is 451 g/mol. The van der Waals surface area contributed by atoms with Crippen LogP contribution in [0, 0.1) is 17.2 Å². The fraction of sp³-hybridized carbons (Fsp3) is 0.217. The highest BCUT2D eigenvalue weighted by Crippen LogP contribution is 2.45. The molecule has 0 radical (unpaired) electrons. The minimum Gasteiger partial charge on any atom is -0.463 e. The van der Waals surface area contributed by atoms with Gasteiger partial charge in [0.1, 0.15) is 5.82 Å². The van der Waals surface area contributed by atoms with Gasteiger partial charge in [-0.3, -0.25) is 4.90 Å². The van der Waals surface area contributed by atoms with Crippen LogP contribution in [0.2, 0.25) is 0 Å². The Morgan fingerprint density at radius 3 is 2.48 bits per heavy atom. The van der Waals surface area contributed by atoms with Gasteiger partial charge in [0.2, 0.25) is 0 Å². The van der Waals surface area contributed by atoms with E-state index in [0.717, 1.165) is 15.7 Å². The summed E-state index contributed by atoms with van der Waals surface area (Å²) in [7, 11) is 0. The molecule has 0 unspecified atom stereocenters. The van der Waals surface area contributed by atoms with Crippen LogP contribution in [0.15, 0.2) is 82.2 Å². The summed E-state index contributed by atoms with van der Waals surface area (Å²) in [5.74, 6) is -0.560. The number of anilines is 1. The van der Waals surface area contributed by atoms with E-state index >= 15 is 0 Å². The number of rotatable bonds is 4. The minimum atomic E-state index is -0.432. The van der Waals surface area contributed by atoms with Crippen LogP contribution in [-0.4, -0.2) is 12.6 Å². The molecule has 2 aromatic rings. The number of hydrogen-bond acceptors (Lipinski definition) is 5. The lowest BCUT2D eigenvalue weighted by atomic mass is 9.76. The SMILES string of the molecule is CCOC(=O)/C=C1\[C@H](C)[C@@H](c2ccc(Br)cc2)C(C#N)=C(N)N1c1ccccc1. The van der Waals surface area contributed by atoms with E-state index in [4.69, 9.17) is 10.5 Å². The van der Waals surface area contributed by atoms with Crippen molar-refractivity contribution in [2.24, 2.45) is 11.7 Å². The van der Waals surface area contributed by atoms with Gasteiger partial charge in [0, 0.05) is 33.8 Å². The fourth-order valence-corrected chi connectivity index (χ4v) is 3.93. The molecule has 2 atom stereocenters. The molecule has 0 fully saturated rings.